The van der Waals surface area contributed by atoms with E-state index in [-0.39, 0.29) is 43.9 Å². The number of nitrogens with two attached hydrogens (primary N) is 1. The Hall–Kier alpha value is -6.20. The van der Waals surface area contributed by atoms with E-state index >= 15 is 0 Å². The van der Waals surface area contributed by atoms with E-state index in [1.807, 2.05) is 53.4 Å². The summed E-state index contributed by atoms with van der Waals surface area (Å²) in [6.45, 7) is 1.38. The van der Waals surface area contributed by atoms with Crippen LogP contribution in [0.15, 0.2) is 61.2 Å². The molecule has 2 aliphatic rings. The lowest BCUT2D eigenvalue weighted by Crippen LogP contribution is -2.58. The molecule has 64 heavy (non-hydrogen) atoms. The van der Waals surface area contributed by atoms with Crippen LogP contribution in [0, 0.1) is 0 Å². The largest absolute Gasteiger partial charge is 0.481 e. The highest BCUT2D eigenvalue weighted by Crippen LogP contribution is 2.27. The number of aromatic amines is 1. The van der Waals surface area contributed by atoms with Crippen LogP contribution in [0.1, 0.15) is 51.0 Å². The van der Waals surface area contributed by atoms with Crippen LogP contribution in [0.2, 0.25) is 0 Å². The molecule has 2 aliphatic heterocycles. The number of fused-ring (bicyclic) bond motifs is 3. The Morgan fingerprint density at radius 2 is 1.75 bits per heavy atom. The molecule has 6 atom stereocenters. The van der Waals surface area contributed by atoms with E-state index in [4.69, 9.17) is 10.5 Å². The Bertz CT molecular complexity index is 2360. The van der Waals surface area contributed by atoms with Gasteiger partial charge in [0.25, 0.3) is 0 Å². The van der Waals surface area contributed by atoms with Gasteiger partial charge in [-0.25, -0.2) is 4.57 Å². The van der Waals surface area contributed by atoms with Gasteiger partial charge in [0.1, 0.15) is 36.4 Å². The number of ether oxygens (including phenoxy) is 1. The van der Waals surface area contributed by atoms with Crippen molar-refractivity contribution in [1.82, 2.24) is 46.1 Å². The summed E-state index contributed by atoms with van der Waals surface area (Å²) in [6.07, 6.45) is 7.06. The van der Waals surface area contributed by atoms with Crippen LogP contribution < -0.4 is 36.9 Å². The minimum Gasteiger partial charge on any atom is -0.481 e. The summed E-state index contributed by atoms with van der Waals surface area (Å²) in [4.78, 5) is 110. The van der Waals surface area contributed by atoms with Crippen molar-refractivity contribution in [3.05, 3.63) is 66.7 Å². The zero-order valence-corrected chi connectivity index (χ0v) is 36.7. The van der Waals surface area contributed by atoms with E-state index in [0.717, 1.165) is 22.1 Å². The van der Waals surface area contributed by atoms with Gasteiger partial charge in [0.2, 0.25) is 41.4 Å². The molecule has 2 saturated heterocycles. The first kappa shape index (κ1) is 47.3. The number of carbonyl (C=O) groups excluding carboxylic acids is 7. The average Bonchev–Trinajstić information content (AvgIpc) is 4.01. The second-order valence-corrected chi connectivity index (χ2v) is 18.1. The number of carbonyl (C=O) groups is 8. The number of para-hydroxylation sites is 1. The van der Waals surface area contributed by atoms with Crippen LogP contribution in [0.5, 0.6) is 0 Å². The number of aliphatic carboxylic acids is 1. The molecule has 21 nitrogen and oxygen atoms in total. The van der Waals surface area contributed by atoms with Crippen LogP contribution in [0.4, 0.5) is 0 Å². The quantitative estimate of drug-likeness (QED) is 0.0525. The monoisotopic (exact) mass is 922 g/mol. The summed E-state index contributed by atoms with van der Waals surface area (Å²) in [6, 6.07) is 5.03. The minimum atomic E-state index is -1.66. The number of hydrogen-bond acceptors (Lipinski definition) is 12. The van der Waals surface area contributed by atoms with Gasteiger partial charge in [-0.15, -0.1) is 4.52 Å². The molecule has 4 aromatic rings. The number of H-pyrrole nitrogens is 1. The number of unbranched alkanes of at least 4 members (excludes halogenated alkanes) is 1. The van der Waals surface area contributed by atoms with E-state index in [1.165, 1.54) is 33.4 Å². The summed E-state index contributed by atoms with van der Waals surface area (Å²) in [5, 5.41) is 27.5. The van der Waals surface area contributed by atoms with Crippen molar-refractivity contribution in [1.29, 1.82) is 0 Å². The smallest absolute Gasteiger partial charge is 0.307 e. The van der Waals surface area contributed by atoms with Gasteiger partial charge in [-0.1, -0.05) is 44.9 Å². The summed E-state index contributed by atoms with van der Waals surface area (Å²) < 4.78 is 9.94. The molecule has 0 aliphatic carbocycles. The number of carboxylic acids is 1. The molecule has 0 bridgehead atoms. The minimum absolute atomic E-state index is 0.0155. The fraction of sp³-hybridized carbons (Fsp3) is 0.463. The molecule has 0 spiro atoms. The van der Waals surface area contributed by atoms with Gasteiger partial charge in [-0.2, -0.15) is 0 Å². The van der Waals surface area contributed by atoms with Crippen LogP contribution in [0.25, 0.3) is 16.6 Å². The van der Waals surface area contributed by atoms with E-state index < -0.39 is 96.6 Å². The predicted molar refractivity (Wildman–Crippen MR) is 234 cm³/mol. The van der Waals surface area contributed by atoms with Crippen molar-refractivity contribution in [2.24, 2.45) is 5.73 Å². The maximum absolute atomic E-state index is 14.0. The first-order valence-electron chi connectivity index (χ1n) is 20.8. The number of nitrogens with one attached hydrogen (secondary N) is 6. The van der Waals surface area contributed by atoms with Crippen LogP contribution in [-0.4, -0.2) is 133 Å². The van der Waals surface area contributed by atoms with Crippen molar-refractivity contribution < 1.29 is 52.8 Å². The first-order chi connectivity index (χ1) is 30.8. The average molecular weight is 923 g/mol. The number of benzene rings is 1. The van der Waals surface area contributed by atoms with E-state index in [2.05, 4.69) is 36.7 Å². The second kappa shape index (κ2) is 22.4. The summed E-state index contributed by atoms with van der Waals surface area (Å²) in [7, 11) is 2.45. The fourth-order valence-electron chi connectivity index (χ4n) is 7.48. The van der Waals surface area contributed by atoms with Crippen LogP contribution in [0.3, 0.4) is 0 Å². The van der Waals surface area contributed by atoms with Crippen molar-refractivity contribution in [2.45, 2.75) is 94.9 Å². The molecule has 6 rings (SSSR count). The number of aryl methyl sites for hydroxylation is 1. The third kappa shape index (κ3) is 12.7. The molecule has 6 unspecified atom stereocenters. The van der Waals surface area contributed by atoms with Crippen molar-refractivity contribution in [2.75, 3.05) is 24.6 Å². The van der Waals surface area contributed by atoms with Crippen LogP contribution in [-0.2, 0) is 56.2 Å². The number of amides is 7. The number of aromatic nitrogens is 4. The van der Waals surface area contributed by atoms with Gasteiger partial charge in [0.15, 0.2) is 6.20 Å². The Morgan fingerprint density at radius 3 is 2.55 bits per heavy atom. The van der Waals surface area contributed by atoms with Gasteiger partial charge < -0.3 is 52.0 Å². The van der Waals surface area contributed by atoms with Gasteiger partial charge in [-0.05, 0) is 38.3 Å². The molecule has 2 fully saturated rings. The van der Waals surface area contributed by atoms with Gasteiger partial charge >= 0.3 is 11.6 Å². The van der Waals surface area contributed by atoms with E-state index in [0.29, 0.717) is 19.4 Å². The van der Waals surface area contributed by atoms with Crippen LogP contribution >= 0.6 is 21.6 Å². The van der Waals surface area contributed by atoms with Crippen molar-refractivity contribution >= 4 is 85.5 Å². The highest BCUT2D eigenvalue weighted by molar-refractivity contribution is 8.76. The normalized spacial score (nSPS) is 23.7. The SMILES string of the molecule is CC1NC(=O)C(CC(=O)O)NC(=O)CNC(=O)C(CCCC[n+]2ccn3ncccc32)NC(=O)CCSSCC(C(N)=O)NC(=O)C2CC(OCc3c[nH]c4ccccc34)CN2C1=O. The second-order valence-electron chi connectivity index (χ2n) is 15.5. The molecule has 342 valence electrons. The van der Waals surface area contributed by atoms with Crippen molar-refractivity contribution in [3.8, 4) is 0 Å². The van der Waals surface area contributed by atoms with Crippen molar-refractivity contribution in [3.63, 3.8) is 0 Å². The Kier molecular flexibility index (Phi) is 16.6. The topological polar surface area (TPSA) is 292 Å². The number of rotatable bonds is 11. The molecular formula is C41H52N11O10S2+. The Balaban J connectivity index is 1.15. The standard InChI is InChI=1S/C41H51N11O10S2/c1-24-41(61)51-21-26(62-22-25-19-43-28-8-3-2-7-27(25)28)17-32(51)40(60)49-31(37(42)57)23-64-63-16-11-33(53)47-29(9-4-5-13-50-14-15-52-35(50)10-6-12-45-52)38(58)44-20-34(54)48-30(18-36(55)56)39(59)46-24/h2-3,6-8,10,12,14-15,19,24,26,29-32,43H,4-5,9,11,13,16-18,20-23H2,1H3,(H7-,42,44,46,47,48,49,53,54,55,56,57,58,59,60)/p+1. The lowest BCUT2D eigenvalue weighted by Gasteiger charge is -2.28. The fourth-order valence-corrected chi connectivity index (χ4v) is 9.64. The van der Waals surface area contributed by atoms with E-state index in [9.17, 15) is 43.5 Å². The number of nitrogens with zero attached hydrogens (tertiary/aromatic N) is 4. The third-order valence-corrected chi connectivity index (χ3v) is 13.2. The van der Waals surface area contributed by atoms with Gasteiger partial charge in [-0.3, -0.25) is 38.4 Å². The van der Waals surface area contributed by atoms with Gasteiger partial charge in [0.05, 0.1) is 38.4 Å². The summed E-state index contributed by atoms with van der Waals surface area (Å²) in [5.74, 6) is -6.38. The third-order valence-electron chi connectivity index (χ3n) is 10.8. The predicted octanol–water partition coefficient (Wildman–Crippen LogP) is -0.720. The Morgan fingerprint density at radius 1 is 0.953 bits per heavy atom. The molecular weight excluding hydrogens is 871 g/mol. The zero-order valence-electron chi connectivity index (χ0n) is 35.0. The summed E-state index contributed by atoms with van der Waals surface area (Å²) in [5.41, 5.74) is 8.32. The molecule has 0 saturated carbocycles. The number of hydrogen-bond donors (Lipinski definition) is 8. The maximum atomic E-state index is 14.0. The Labute approximate surface area is 375 Å². The molecule has 5 heterocycles. The lowest BCUT2D eigenvalue weighted by molar-refractivity contribution is -0.671. The summed E-state index contributed by atoms with van der Waals surface area (Å²) >= 11 is 0. The highest BCUT2D eigenvalue weighted by Gasteiger charge is 2.43. The number of imidazole rings is 1. The highest BCUT2D eigenvalue weighted by atomic mass is 33.1. The molecule has 3 aromatic heterocycles. The molecule has 7 amide bonds. The maximum Gasteiger partial charge on any atom is 0.307 e. The molecule has 9 N–H and O–H groups in total. The van der Waals surface area contributed by atoms with E-state index in [1.54, 1.807) is 16.9 Å². The lowest BCUT2D eigenvalue weighted by atomic mass is 10.1. The first-order valence-corrected chi connectivity index (χ1v) is 23.3. The molecule has 1 aromatic carbocycles. The zero-order chi connectivity index (χ0) is 45.8. The van der Waals surface area contributed by atoms with Gasteiger partial charge in [0, 0.05) is 59.6 Å². The molecule has 23 heteroatoms. The molecule has 0 radical (unpaired) electrons. The number of carboxylic acid groups (broad SMARTS) is 1. The number of primary amides is 1.